The summed E-state index contributed by atoms with van der Waals surface area (Å²) in [6.07, 6.45) is 1.52. The van der Waals surface area contributed by atoms with Gasteiger partial charge < -0.3 is 5.32 Å². The van der Waals surface area contributed by atoms with Crippen LogP contribution < -0.4 is 5.32 Å². The first kappa shape index (κ1) is 13.1. The van der Waals surface area contributed by atoms with Crippen LogP contribution in [0.4, 0.5) is 5.82 Å². The maximum atomic E-state index is 11.9. The fourth-order valence-corrected chi connectivity index (χ4v) is 3.41. The first-order valence-electron chi connectivity index (χ1n) is 4.30. The van der Waals surface area contributed by atoms with Crippen molar-refractivity contribution in [1.29, 1.82) is 0 Å². The normalized spacial score (nSPS) is 10.3. The lowest BCUT2D eigenvalue weighted by Crippen LogP contribution is -2.12. The molecule has 17 heavy (non-hydrogen) atoms. The Kier molecular flexibility index (Phi) is 4.29. The Hall–Kier alpha value is -0.310. The molecule has 0 bridgehead atoms. The molecule has 0 radical (unpaired) electrons. The van der Waals surface area contributed by atoms with Crippen molar-refractivity contribution in [2.75, 3.05) is 5.32 Å². The number of halogens is 3. The highest BCUT2D eigenvalue weighted by Crippen LogP contribution is 2.25. The van der Waals surface area contributed by atoms with Gasteiger partial charge in [0.2, 0.25) is 0 Å². The SMILES string of the molecule is O=C(Nc1ncc(Br)nc1Br)c1sccc1Br. The Morgan fingerprint density at radius 1 is 1.35 bits per heavy atom. The van der Waals surface area contributed by atoms with Crippen LogP contribution in [0.25, 0.3) is 0 Å². The van der Waals surface area contributed by atoms with Crippen molar-refractivity contribution in [2.24, 2.45) is 0 Å². The van der Waals surface area contributed by atoms with E-state index in [2.05, 4.69) is 63.1 Å². The van der Waals surface area contributed by atoms with E-state index >= 15 is 0 Å². The Morgan fingerprint density at radius 2 is 2.12 bits per heavy atom. The minimum absolute atomic E-state index is 0.218. The van der Waals surface area contributed by atoms with Gasteiger partial charge >= 0.3 is 0 Å². The molecule has 0 aliphatic rings. The van der Waals surface area contributed by atoms with Crippen LogP contribution in [0, 0.1) is 0 Å². The number of rotatable bonds is 2. The first-order chi connectivity index (χ1) is 8.08. The summed E-state index contributed by atoms with van der Waals surface area (Å²) in [5.41, 5.74) is 0. The molecule has 0 atom stereocenters. The molecule has 0 aliphatic carbocycles. The van der Waals surface area contributed by atoms with Gasteiger partial charge in [-0.1, -0.05) is 0 Å². The third-order valence-corrected chi connectivity index (χ3v) is 4.53. The maximum absolute atomic E-state index is 11.9. The molecular formula is C9H4Br3N3OS. The summed E-state index contributed by atoms with van der Waals surface area (Å²) in [5.74, 6) is 0.169. The number of hydrogen-bond acceptors (Lipinski definition) is 4. The maximum Gasteiger partial charge on any atom is 0.268 e. The van der Waals surface area contributed by atoms with Crippen LogP contribution in [0.5, 0.6) is 0 Å². The van der Waals surface area contributed by atoms with E-state index in [1.165, 1.54) is 17.5 Å². The predicted molar refractivity (Wildman–Crippen MR) is 77.4 cm³/mol. The molecule has 0 spiro atoms. The van der Waals surface area contributed by atoms with E-state index in [9.17, 15) is 4.79 Å². The summed E-state index contributed by atoms with van der Waals surface area (Å²) in [7, 11) is 0. The zero-order valence-corrected chi connectivity index (χ0v) is 13.7. The minimum atomic E-state index is -0.218. The largest absolute Gasteiger partial charge is 0.304 e. The standard InChI is InChI=1S/C9H4Br3N3OS/c10-4-1-2-17-6(4)9(16)15-8-7(12)14-5(11)3-13-8/h1-3H,(H,13,15,16). The number of nitrogens with zero attached hydrogens (tertiary/aromatic N) is 2. The van der Waals surface area contributed by atoms with Crippen LogP contribution >= 0.6 is 59.1 Å². The highest BCUT2D eigenvalue weighted by Gasteiger charge is 2.14. The first-order valence-corrected chi connectivity index (χ1v) is 7.56. The third kappa shape index (κ3) is 3.12. The molecule has 0 unspecified atom stereocenters. The molecular weight excluding hydrogens is 438 g/mol. The van der Waals surface area contributed by atoms with Crippen molar-refractivity contribution in [1.82, 2.24) is 9.97 Å². The average Bonchev–Trinajstić information content (AvgIpc) is 2.68. The predicted octanol–water partition coefficient (Wildman–Crippen LogP) is 4.08. The lowest BCUT2D eigenvalue weighted by Gasteiger charge is -2.04. The summed E-state index contributed by atoms with van der Waals surface area (Å²) in [6, 6.07) is 1.82. The molecule has 8 heteroatoms. The van der Waals surface area contributed by atoms with Gasteiger partial charge in [-0.05, 0) is 59.2 Å². The Morgan fingerprint density at radius 3 is 2.71 bits per heavy atom. The molecule has 2 rings (SSSR count). The van der Waals surface area contributed by atoms with Crippen LogP contribution in [-0.2, 0) is 0 Å². The summed E-state index contributed by atoms with van der Waals surface area (Å²) < 4.78 is 1.84. The Bertz CT molecular complexity index is 572. The number of hydrogen-bond donors (Lipinski definition) is 1. The van der Waals surface area contributed by atoms with E-state index in [-0.39, 0.29) is 5.91 Å². The topological polar surface area (TPSA) is 54.9 Å². The Labute approximate surface area is 126 Å². The van der Waals surface area contributed by atoms with Crippen molar-refractivity contribution in [3.63, 3.8) is 0 Å². The van der Waals surface area contributed by atoms with E-state index in [1.807, 2.05) is 11.4 Å². The molecule has 2 heterocycles. The molecule has 2 aromatic rings. The second-order valence-electron chi connectivity index (χ2n) is 2.88. The number of nitrogens with one attached hydrogen (secondary N) is 1. The lowest BCUT2D eigenvalue weighted by molar-refractivity contribution is 0.102. The van der Waals surface area contributed by atoms with E-state index in [0.717, 1.165) is 4.47 Å². The molecule has 1 amide bonds. The summed E-state index contributed by atoms with van der Waals surface area (Å²) >= 11 is 11.1. The average molecular weight is 442 g/mol. The van der Waals surface area contributed by atoms with Gasteiger partial charge in [0.1, 0.15) is 14.1 Å². The molecule has 4 nitrogen and oxygen atoms in total. The summed E-state index contributed by atoms with van der Waals surface area (Å²) in [4.78, 5) is 20.6. The van der Waals surface area contributed by atoms with Crippen LogP contribution in [0.15, 0.2) is 31.3 Å². The monoisotopic (exact) mass is 439 g/mol. The molecule has 88 valence electrons. The van der Waals surface area contributed by atoms with Gasteiger partial charge in [0.05, 0.1) is 6.20 Å². The summed E-state index contributed by atoms with van der Waals surface area (Å²) in [6.45, 7) is 0. The van der Waals surface area contributed by atoms with Crippen molar-refractivity contribution in [3.8, 4) is 0 Å². The number of carbonyl (C=O) groups is 1. The van der Waals surface area contributed by atoms with Gasteiger partial charge in [0.15, 0.2) is 5.82 Å². The highest BCUT2D eigenvalue weighted by atomic mass is 79.9. The van der Waals surface area contributed by atoms with E-state index in [4.69, 9.17) is 0 Å². The number of carbonyl (C=O) groups excluding carboxylic acids is 1. The van der Waals surface area contributed by atoms with Crippen molar-refractivity contribution in [3.05, 3.63) is 36.2 Å². The molecule has 1 N–H and O–H groups in total. The smallest absolute Gasteiger partial charge is 0.268 e. The zero-order chi connectivity index (χ0) is 12.4. The molecule has 0 saturated heterocycles. The fourth-order valence-electron chi connectivity index (χ4n) is 1.05. The fraction of sp³-hybridized carbons (Fsp3) is 0. The van der Waals surface area contributed by atoms with Gasteiger partial charge in [-0.2, -0.15) is 0 Å². The summed E-state index contributed by atoms with van der Waals surface area (Å²) in [5, 5.41) is 4.52. The molecule has 0 aromatic carbocycles. The van der Waals surface area contributed by atoms with Gasteiger partial charge in [0.25, 0.3) is 5.91 Å². The quantitative estimate of drug-likeness (QED) is 0.764. The third-order valence-electron chi connectivity index (χ3n) is 1.76. The lowest BCUT2D eigenvalue weighted by atomic mass is 10.4. The molecule has 0 aliphatic heterocycles. The zero-order valence-electron chi connectivity index (χ0n) is 8.08. The number of amides is 1. The molecule has 0 fully saturated rings. The van der Waals surface area contributed by atoms with Crippen LogP contribution in [0.2, 0.25) is 0 Å². The van der Waals surface area contributed by atoms with Gasteiger partial charge in [-0.15, -0.1) is 11.3 Å². The van der Waals surface area contributed by atoms with Crippen LogP contribution in [0.3, 0.4) is 0 Å². The van der Waals surface area contributed by atoms with Crippen molar-refractivity contribution >= 4 is 70.9 Å². The molecule has 2 aromatic heterocycles. The van der Waals surface area contributed by atoms with Crippen LogP contribution in [0.1, 0.15) is 9.67 Å². The van der Waals surface area contributed by atoms with Crippen molar-refractivity contribution < 1.29 is 4.79 Å². The van der Waals surface area contributed by atoms with Crippen molar-refractivity contribution in [2.45, 2.75) is 0 Å². The highest BCUT2D eigenvalue weighted by molar-refractivity contribution is 9.11. The second-order valence-corrected chi connectivity index (χ2v) is 6.22. The molecule has 0 saturated carbocycles. The number of aromatic nitrogens is 2. The second kappa shape index (κ2) is 5.55. The van der Waals surface area contributed by atoms with Gasteiger partial charge in [-0.25, -0.2) is 9.97 Å². The van der Waals surface area contributed by atoms with Crippen LogP contribution in [-0.4, -0.2) is 15.9 Å². The van der Waals surface area contributed by atoms with Gasteiger partial charge in [0, 0.05) is 4.47 Å². The van der Waals surface area contributed by atoms with Gasteiger partial charge in [-0.3, -0.25) is 4.79 Å². The van der Waals surface area contributed by atoms with E-state index in [0.29, 0.717) is 19.9 Å². The number of anilines is 1. The number of thiophene rings is 1. The van der Waals surface area contributed by atoms with E-state index < -0.39 is 0 Å². The van der Waals surface area contributed by atoms with E-state index in [1.54, 1.807) is 0 Å². The minimum Gasteiger partial charge on any atom is -0.304 e. The Balaban J connectivity index is 2.22.